The number of aromatic amines is 1. The van der Waals surface area contributed by atoms with E-state index in [4.69, 9.17) is 18.9 Å². The van der Waals surface area contributed by atoms with Crippen LogP contribution in [0.1, 0.15) is 26.3 Å². The van der Waals surface area contributed by atoms with Gasteiger partial charge in [0.25, 0.3) is 0 Å². The van der Waals surface area contributed by atoms with Crippen LogP contribution in [-0.4, -0.2) is 53.4 Å². The summed E-state index contributed by atoms with van der Waals surface area (Å²) in [7, 11) is 0. The van der Waals surface area contributed by atoms with Gasteiger partial charge in [0.2, 0.25) is 11.7 Å². The van der Waals surface area contributed by atoms with Gasteiger partial charge in [-0.2, -0.15) is 0 Å². The Morgan fingerprint density at radius 1 is 1.47 bits per heavy atom. The molecule has 9 nitrogen and oxygen atoms in total. The van der Waals surface area contributed by atoms with Gasteiger partial charge < -0.3 is 29.2 Å². The number of ether oxygens (including phenoxy) is 4. The molecule has 2 aromatic rings. The molecule has 2 N–H and O–H groups in total. The van der Waals surface area contributed by atoms with E-state index in [1.165, 1.54) is 0 Å². The van der Waals surface area contributed by atoms with Gasteiger partial charge in [0.05, 0.1) is 13.2 Å². The summed E-state index contributed by atoms with van der Waals surface area (Å²) in [5.74, 6) is -1.88. The predicted octanol–water partition coefficient (Wildman–Crippen LogP) is 2.02. The standard InChI is InChI=1S/C21H23N3O6/c1-4-27-20(26)16-17(25)15(8-12-9-23-18-14(12)6-5-7-22-18)29-19(16)24-10-13-11-28-21(2,3)30-13/h5-9,13,24H,4,10-11H2,1-3H3,(H,22,23)/b15-8-. The molecule has 2 aromatic heterocycles. The largest absolute Gasteiger partial charge is 0.462 e. The zero-order chi connectivity index (χ0) is 21.3. The topological polar surface area (TPSA) is 112 Å². The maximum Gasteiger partial charge on any atom is 0.347 e. The van der Waals surface area contributed by atoms with E-state index < -0.39 is 17.5 Å². The normalized spacial score (nSPS) is 22.0. The number of rotatable bonds is 6. The summed E-state index contributed by atoms with van der Waals surface area (Å²) >= 11 is 0. The lowest BCUT2D eigenvalue weighted by Crippen LogP contribution is -2.31. The van der Waals surface area contributed by atoms with E-state index in [-0.39, 0.29) is 29.9 Å². The van der Waals surface area contributed by atoms with Crippen molar-refractivity contribution in [2.75, 3.05) is 19.8 Å². The van der Waals surface area contributed by atoms with Gasteiger partial charge in [-0.25, -0.2) is 9.78 Å². The van der Waals surface area contributed by atoms with Crippen LogP contribution in [0.2, 0.25) is 0 Å². The lowest BCUT2D eigenvalue weighted by molar-refractivity contribution is -0.140. The van der Waals surface area contributed by atoms with Crippen LogP contribution in [0.25, 0.3) is 17.1 Å². The van der Waals surface area contributed by atoms with Gasteiger partial charge in [-0.1, -0.05) is 0 Å². The molecule has 30 heavy (non-hydrogen) atoms. The third-order valence-electron chi connectivity index (χ3n) is 4.70. The fraction of sp³-hybridized carbons (Fsp3) is 0.381. The number of hydrogen-bond donors (Lipinski definition) is 2. The van der Waals surface area contributed by atoms with Crippen LogP contribution in [0, 0.1) is 0 Å². The lowest BCUT2D eigenvalue weighted by Gasteiger charge is -2.17. The number of nitrogens with zero attached hydrogens (tertiary/aromatic N) is 1. The van der Waals surface area contributed by atoms with E-state index >= 15 is 0 Å². The zero-order valence-electron chi connectivity index (χ0n) is 17.0. The highest BCUT2D eigenvalue weighted by atomic mass is 16.7. The van der Waals surface area contributed by atoms with Crippen molar-refractivity contribution in [2.45, 2.75) is 32.7 Å². The van der Waals surface area contributed by atoms with E-state index in [0.29, 0.717) is 18.8 Å². The van der Waals surface area contributed by atoms with Gasteiger partial charge in [-0.05, 0) is 39.0 Å². The number of carbonyl (C=O) groups is 2. The number of allylic oxidation sites excluding steroid dienone is 1. The number of aromatic nitrogens is 2. The van der Waals surface area contributed by atoms with E-state index in [9.17, 15) is 9.59 Å². The van der Waals surface area contributed by atoms with E-state index in [1.54, 1.807) is 31.5 Å². The van der Waals surface area contributed by atoms with Crippen molar-refractivity contribution in [3.05, 3.63) is 47.3 Å². The SMILES string of the molecule is CCOC(=O)C1=C(NCC2COC(C)(C)O2)O/C(=C\c2c[nH]c3ncccc23)C1=O. The van der Waals surface area contributed by atoms with Crippen molar-refractivity contribution < 1.29 is 28.5 Å². The lowest BCUT2D eigenvalue weighted by atomic mass is 10.1. The molecule has 158 valence electrons. The second-order valence-corrected chi connectivity index (χ2v) is 7.34. The Kier molecular flexibility index (Phi) is 5.31. The van der Waals surface area contributed by atoms with Crippen LogP contribution in [0.3, 0.4) is 0 Å². The highest BCUT2D eigenvalue weighted by Crippen LogP contribution is 2.29. The summed E-state index contributed by atoms with van der Waals surface area (Å²) in [6.45, 7) is 6.16. The second kappa shape index (κ2) is 7.92. The van der Waals surface area contributed by atoms with Crippen molar-refractivity contribution in [3.8, 4) is 0 Å². The number of esters is 1. The van der Waals surface area contributed by atoms with Crippen molar-refractivity contribution in [2.24, 2.45) is 0 Å². The molecular weight excluding hydrogens is 390 g/mol. The maximum absolute atomic E-state index is 12.9. The predicted molar refractivity (Wildman–Crippen MR) is 107 cm³/mol. The Labute approximate surface area is 173 Å². The number of nitrogens with one attached hydrogen (secondary N) is 2. The number of H-pyrrole nitrogens is 1. The smallest absolute Gasteiger partial charge is 0.347 e. The number of pyridine rings is 1. The van der Waals surface area contributed by atoms with Gasteiger partial charge in [-0.3, -0.25) is 4.79 Å². The molecule has 0 spiro atoms. The third-order valence-corrected chi connectivity index (χ3v) is 4.70. The summed E-state index contributed by atoms with van der Waals surface area (Å²) in [5.41, 5.74) is 1.24. The minimum Gasteiger partial charge on any atom is -0.462 e. The van der Waals surface area contributed by atoms with Crippen molar-refractivity contribution >= 4 is 28.9 Å². The van der Waals surface area contributed by atoms with Crippen LogP contribution in [0.5, 0.6) is 0 Å². The van der Waals surface area contributed by atoms with Crippen LogP contribution in [-0.2, 0) is 28.5 Å². The molecule has 2 aliphatic rings. The molecule has 0 aromatic carbocycles. The van der Waals surface area contributed by atoms with Gasteiger partial charge in [0.15, 0.2) is 17.1 Å². The monoisotopic (exact) mass is 413 g/mol. The quantitative estimate of drug-likeness (QED) is 0.420. The zero-order valence-corrected chi connectivity index (χ0v) is 17.0. The van der Waals surface area contributed by atoms with Gasteiger partial charge in [0, 0.05) is 29.9 Å². The molecule has 1 atom stereocenters. The first kappa shape index (κ1) is 20.1. The van der Waals surface area contributed by atoms with Crippen molar-refractivity contribution in [1.29, 1.82) is 0 Å². The Balaban J connectivity index is 1.57. The average Bonchev–Trinajstić information content (AvgIpc) is 3.37. The number of carbonyl (C=O) groups excluding carboxylic acids is 2. The molecule has 0 aliphatic carbocycles. The molecule has 4 heterocycles. The molecule has 0 saturated carbocycles. The summed E-state index contributed by atoms with van der Waals surface area (Å²) in [6.07, 6.45) is 4.73. The molecule has 0 bridgehead atoms. The fourth-order valence-electron chi connectivity index (χ4n) is 3.35. The van der Waals surface area contributed by atoms with Crippen molar-refractivity contribution in [1.82, 2.24) is 15.3 Å². The number of Topliss-reactive ketones (excluding diaryl/α,β-unsaturated/α-hetero) is 1. The molecule has 1 unspecified atom stereocenters. The summed E-state index contributed by atoms with van der Waals surface area (Å²) in [5, 5.41) is 3.83. The Morgan fingerprint density at radius 3 is 3.03 bits per heavy atom. The summed E-state index contributed by atoms with van der Waals surface area (Å²) < 4.78 is 22.1. The van der Waals surface area contributed by atoms with Crippen LogP contribution in [0.15, 0.2) is 41.7 Å². The first-order chi connectivity index (χ1) is 14.4. The molecule has 2 aliphatic heterocycles. The van der Waals surface area contributed by atoms with E-state index in [0.717, 1.165) is 10.9 Å². The first-order valence-corrected chi connectivity index (χ1v) is 9.71. The minimum atomic E-state index is -0.738. The number of ketones is 1. The second-order valence-electron chi connectivity index (χ2n) is 7.34. The van der Waals surface area contributed by atoms with Gasteiger partial charge in [0.1, 0.15) is 11.8 Å². The average molecular weight is 413 g/mol. The number of fused-ring (bicyclic) bond motifs is 1. The molecule has 0 amide bonds. The van der Waals surface area contributed by atoms with Crippen LogP contribution < -0.4 is 5.32 Å². The highest BCUT2D eigenvalue weighted by Gasteiger charge is 2.38. The highest BCUT2D eigenvalue weighted by molar-refractivity contribution is 6.26. The van der Waals surface area contributed by atoms with Crippen molar-refractivity contribution in [3.63, 3.8) is 0 Å². The number of hydrogen-bond acceptors (Lipinski definition) is 8. The summed E-state index contributed by atoms with van der Waals surface area (Å²) in [4.78, 5) is 32.6. The molecular formula is C21H23N3O6. The maximum atomic E-state index is 12.9. The van der Waals surface area contributed by atoms with Crippen LogP contribution >= 0.6 is 0 Å². The van der Waals surface area contributed by atoms with E-state index in [1.807, 2.05) is 19.9 Å². The Bertz CT molecular complexity index is 1050. The molecule has 1 fully saturated rings. The molecule has 0 radical (unpaired) electrons. The van der Waals surface area contributed by atoms with E-state index in [2.05, 4.69) is 15.3 Å². The Hall–Kier alpha value is -3.17. The Morgan fingerprint density at radius 2 is 2.30 bits per heavy atom. The van der Waals surface area contributed by atoms with Crippen LogP contribution in [0.4, 0.5) is 0 Å². The molecule has 9 heteroatoms. The third kappa shape index (κ3) is 3.94. The summed E-state index contributed by atoms with van der Waals surface area (Å²) in [6, 6.07) is 3.68. The first-order valence-electron chi connectivity index (χ1n) is 9.71. The van der Waals surface area contributed by atoms with Gasteiger partial charge >= 0.3 is 5.97 Å². The minimum absolute atomic E-state index is 0.0224. The molecule has 4 rings (SSSR count). The molecule has 1 saturated heterocycles. The van der Waals surface area contributed by atoms with Gasteiger partial charge in [-0.15, -0.1) is 0 Å². The fourth-order valence-corrected chi connectivity index (χ4v) is 3.35.